The molecule has 0 bridgehead atoms. The van der Waals surface area contributed by atoms with Crippen molar-refractivity contribution in [2.24, 2.45) is 4.99 Å². The quantitative estimate of drug-likeness (QED) is 0.329. The third-order valence-electron chi connectivity index (χ3n) is 2.03. The van der Waals surface area contributed by atoms with Crippen molar-refractivity contribution >= 4 is 24.6 Å². The Bertz CT molecular complexity index is 163. The highest BCUT2D eigenvalue weighted by Gasteiger charge is 2.11. The first-order valence-corrected chi connectivity index (χ1v) is 11.4. The summed E-state index contributed by atoms with van der Waals surface area (Å²) in [4.78, 5) is 4.42. The van der Waals surface area contributed by atoms with Crippen LogP contribution in [0.4, 0.5) is 0 Å². The van der Waals surface area contributed by atoms with Crippen molar-refractivity contribution in [3.05, 3.63) is 0 Å². The van der Waals surface area contributed by atoms with Gasteiger partial charge in [0.2, 0.25) is 0 Å². The summed E-state index contributed by atoms with van der Waals surface area (Å²) in [6, 6.07) is 0. The molecule has 0 rings (SSSR count). The molecule has 0 amide bonds. The first-order chi connectivity index (χ1) is 7.06. The van der Waals surface area contributed by atoms with Crippen molar-refractivity contribution in [2.75, 3.05) is 12.3 Å². The molecular weight excluding hydrogens is 218 g/mol. The summed E-state index contributed by atoms with van der Waals surface area (Å²) in [5, 5.41) is 0. The fourth-order valence-electron chi connectivity index (χ4n) is 1.19. The zero-order valence-corrected chi connectivity index (χ0v) is 12.7. The smallest absolute Gasteiger partial charge is 0.108 e. The number of aliphatic imine (C=N–C) groups is 1. The second kappa shape index (κ2) is 9.46. The highest BCUT2D eigenvalue weighted by molar-refractivity contribution is 8.28. The Hall–Kier alpha value is 0.237. The van der Waals surface area contributed by atoms with E-state index in [4.69, 9.17) is 0 Å². The van der Waals surface area contributed by atoms with Crippen LogP contribution in [0.2, 0.25) is 19.6 Å². The number of rotatable bonds is 9. The van der Waals surface area contributed by atoms with Crippen LogP contribution < -0.4 is 0 Å². The molecule has 0 heterocycles. The molecule has 15 heavy (non-hydrogen) atoms. The van der Waals surface area contributed by atoms with Crippen molar-refractivity contribution in [1.82, 2.24) is 0 Å². The first-order valence-electron chi connectivity index (χ1n) is 6.18. The number of hydrogen-bond donors (Lipinski definition) is 0. The van der Waals surface area contributed by atoms with Crippen molar-refractivity contribution in [3.63, 3.8) is 0 Å². The maximum atomic E-state index is 4.42. The van der Waals surface area contributed by atoms with Crippen LogP contribution >= 0.6 is 11.2 Å². The molecule has 0 aliphatic rings. The largest absolute Gasteiger partial charge is 0.298 e. The van der Waals surface area contributed by atoms with Gasteiger partial charge in [0, 0.05) is 6.54 Å². The van der Waals surface area contributed by atoms with Crippen LogP contribution in [0.25, 0.3) is 0 Å². The zero-order valence-electron chi connectivity index (χ0n) is 10.9. The second-order valence-electron chi connectivity index (χ2n) is 4.90. The minimum atomic E-state index is -0.871. The lowest BCUT2D eigenvalue weighted by Gasteiger charge is -2.13. The molecule has 1 nitrogen and oxygen atoms in total. The fourth-order valence-corrected chi connectivity index (χ4v) is 4.38. The molecule has 0 atom stereocenters. The molecule has 0 aromatic carbocycles. The molecule has 0 fully saturated rings. The lowest BCUT2D eigenvalue weighted by atomic mass is 10.2. The monoisotopic (exact) mass is 245 g/mol. The Labute approximate surface area is 101 Å². The molecule has 0 aromatic heterocycles. The maximum absolute atomic E-state index is 4.42. The van der Waals surface area contributed by atoms with Gasteiger partial charge in [-0.2, -0.15) is 11.2 Å². The Morgan fingerprint density at radius 2 is 1.87 bits per heavy atom. The predicted molar refractivity (Wildman–Crippen MR) is 77.9 cm³/mol. The van der Waals surface area contributed by atoms with E-state index in [1.807, 2.05) is 0 Å². The third-order valence-corrected chi connectivity index (χ3v) is 6.60. The topological polar surface area (TPSA) is 12.4 Å². The Kier molecular flexibility index (Phi) is 9.61. The van der Waals surface area contributed by atoms with Gasteiger partial charge < -0.3 is 0 Å². The van der Waals surface area contributed by atoms with E-state index in [1.54, 1.807) is 0 Å². The van der Waals surface area contributed by atoms with Crippen molar-refractivity contribution < 1.29 is 0 Å². The van der Waals surface area contributed by atoms with Gasteiger partial charge in [-0.25, -0.2) is 0 Å². The van der Waals surface area contributed by atoms with Gasteiger partial charge in [0.05, 0.1) is 0 Å². The van der Waals surface area contributed by atoms with E-state index in [9.17, 15) is 0 Å². The van der Waals surface area contributed by atoms with Crippen LogP contribution in [-0.2, 0) is 0 Å². The Balaban J connectivity index is 3.17. The minimum Gasteiger partial charge on any atom is -0.298 e. The predicted octanol–water partition coefficient (Wildman–Crippen LogP) is 4.60. The van der Waals surface area contributed by atoms with Gasteiger partial charge in [-0.1, -0.05) is 39.4 Å². The molecule has 0 unspecified atom stereocenters. The Morgan fingerprint density at radius 3 is 2.47 bits per heavy atom. The van der Waals surface area contributed by atoms with E-state index in [2.05, 4.69) is 49.0 Å². The van der Waals surface area contributed by atoms with Crippen LogP contribution in [0.5, 0.6) is 0 Å². The SMILES string of the molecule is CCCCCN=CCCCS[Si](C)(C)C. The summed E-state index contributed by atoms with van der Waals surface area (Å²) < 4.78 is 0. The number of hydrogen-bond acceptors (Lipinski definition) is 2. The average molecular weight is 246 g/mol. The lowest BCUT2D eigenvalue weighted by Crippen LogP contribution is -2.14. The van der Waals surface area contributed by atoms with E-state index in [1.165, 1.54) is 37.9 Å². The van der Waals surface area contributed by atoms with Crippen LogP contribution in [0.1, 0.15) is 39.0 Å². The normalized spacial score (nSPS) is 12.5. The fraction of sp³-hybridized carbons (Fsp3) is 0.917. The maximum Gasteiger partial charge on any atom is 0.108 e. The van der Waals surface area contributed by atoms with Crippen LogP contribution in [0.3, 0.4) is 0 Å². The summed E-state index contributed by atoms with van der Waals surface area (Å²) in [6.45, 7) is 10.5. The molecule has 3 heteroatoms. The first kappa shape index (κ1) is 15.2. The van der Waals surface area contributed by atoms with Crippen molar-refractivity contribution in [1.29, 1.82) is 0 Å². The number of nitrogens with zero attached hydrogens (tertiary/aromatic N) is 1. The zero-order chi connectivity index (χ0) is 11.6. The van der Waals surface area contributed by atoms with E-state index in [-0.39, 0.29) is 0 Å². The molecule has 0 N–H and O–H groups in total. The molecule has 0 aliphatic heterocycles. The van der Waals surface area contributed by atoms with Crippen LogP contribution in [0, 0.1) is 0 Å². The third kappa shape index (κ3) is 14.2. The van der Waals surface area contributed by atoms with Crippen molar-refractivity contribution in [3.8, 4) is 0 Å². The molecular formula is C12H27NSSi. The van der Waals surface area contributed by atoms with Gasteiger partial charge in [0.1, 0.15) is 7.22 Å². The second-order valence-corrected chi connectivity index (χ2v) is 14.4. The standard InChI is InChI=1S/C12H27NSSi/c1-5-6-7-10-13-11-8-9-12-14-15(2,3)4/h11H,5-10,12H2,1-4H3. The summed E-state index contributed by atoms with van der Waals surface area (Å²) in [6.07, 6.45) is 8.47. The highest BCUT2D eigenvalue weighted by atomic mass is 32.4. The molecule has 0 saturated carbocycles. The van der Waals surface area contributed by atoms with E-state index in [0.717, 1.165) is 6.54 Å². The summed E-state index contributed by atoms with van der Waals surface area (Å²) in [7, 11) is -0.871. The minimum absolute atomic E-state index is 0.871. The molecule has 0 aromatic rings. The molecule has 0 radical (unpaired) electrons. The van der Waals surface area contributed by atoms with E-state index < -0.39 is 7.22 Å². The van der Waals surface area contributed by atoms with Gasteiger partial charge in [-0.05, 0) is 31.2 Å². The van der Waals surface area contributed by atoms with E-state index >= 15 is 0 Å². The van der Waals surface area contributed by atoms with Gasteiger partial charge in [-0.15, -0.1) is 0 Å². The van der Waals surface area contributed by atoms with Gasteiger partial charge >= 0.3 is 0 Å². The molecule has 0 saturated heterocycles. The summed E-state index contributed by atoms with van der Waals surface area (Å²) in [5.41, 5.74) is 0. The molecule has 0 aliphatic carbocycles. The molecule has 90 valence electrons. The van der Waals surface area contributed by atoms with E-state index in [0.29, 0.717) is 0 Å². The van der Waals surface area contributed by atoms with Gasteiger partial charge in [-0.3, -0.25) is 4.99 Å². The lowest BCUT2D eigenvalue weighted by molar-refractivity contribution is 0.728. The van der Waals surface area contributed by atoms with Gasteiger partial charge in [0.15, 0.2) is 0 Å². The average Bonchev–Trinajstić information content (AvgIpc) is 2.14. The molecule has 0 spiro atoms. The van der Waals surface area contributed by atoms with Crippen LogP contribution in [-0.4, -0.2) is 25.7 Å². The van der Waals surface area contributed by atoms with Crippen LogP contribution in [0.15, 0.2) is 4.99 Å². The summed E-state index contributed by atoms with van der Waals surface area (Å²) in [5.74, 6) is 1.32. The highest BCUT2D eigenvalue weighted by Crippen LogP contribution is 2.20. The van der Waals surface area contributed by atoms with Gasteiger partial charge in [0.25, 0.3) is 0 Å². The summed E-state index contributed by atoms with van der Waals surface area (Å²) >= 11 is 2.18. The van der Waals surface area contributed by atoms with Crippen molar-refractivity contribution in [2.45, 2.75) is 58.7 Å². The Morgan fingerprint density at radius 1 is 1.13 bits per heavy atom. The number of unbranched alkanes of at least 4 members (excludes halogenated alkanes) is 3.